The quantitative estimate of drug-likeness (QED) is 0.861. The monoisotopic (exact) mass is 355 g/mol. The van der Waals surface area contributed by atoms with E-state index in [1.54, 1.807) is 24.3 Å². The first-order chi connectivity index (χ1) is 12.5. The van der Waals surface area contributed by atoms with Crippen LogP contribution in [-0.2, 0) is 11.3 Å². The van der Waals surface area contributed by atoms with Gasteiger partial charge in [-0.1, -0.05) is 18.6 Å². The lowest BCUT2D eigenvalue weighted by Crippen LogP contribution is -2.41. The molecule has 138 valence electrons. The smallest absolute Gasteiger partial charge is 0.273 e. The highest BCUT2D eigenvalue weighted by Crippen LogP contribution is 2.49. The minimum atomic E-state index is -0.309. The number of hydrogen-bond donors (Lipinski definition) is 2. The van der Waals surface area contributed by atoms with Crippen molar-refractivity contribution in [3.8, 4) is 0 Å². The van der Waals surface area contributed by atoms with Crippen LogP contribution in [0, 0.1) is 17.8 Å². The van der Waals surface area contributed by atoms with E-state index in [1.807, 2.05) is 0 Å². The summed E-state index contributed by atoms with van der Waals surface area (Å²) < 4.78 is 1.24. The lowest BCUT2D eigenvalue weighted by Gasteiger charge is -2.28. The Bertz CT molecular complexity index is 945. The summed E-state index contributed by atoms with van der Waals surface area (Å²) in [7, 11) is 0. The van der Waals surface area contributed by atoms with Gasteiger partial charge in [-0.2, -0.15) is 0 Å². The van der Waals surface area contributed by atoms with E-state index in [0.717, 1.165) is 11.8 Å². The molecule has 2 saturated carbocycles. The summed E-state index contributed by atoms with van der Waals surface area (Å²) in [6.45, 7) is 2.27. The molecule has 6 heteroatoms. The Labute approximate surface area is 151 Å². The molecular weight excluding hydrogens is 330 g/mol. The van der Waals surface area contributed by atoms with E-state index >= 15 is 0 Å². The lowest BCUT2D eigenvalue weighted by molar-refractivity contribution is -0.122. The summed E-state index contributed by atoms with van der Waals surface area (Å²) >= 11 is 0. The molecule has 4 rings (SSSR count). The molecule has 2 aliphatic rings. The van der Waals surface area contributed by atoms with Crippen LogP contribution in [0.15, 0.2) is 33.9 Å². The van der Waals surface area contributed by atoms with Gasteiger partial charge < -0.3 is 5.32 Å². The molecule has 2 aliphatic carbocycles. The Morgan fingerprint density at radius 2 is 2.00 bits per heavy atom. The Morgan fingerprint density at radius 1 is 1.23 bits per heavy atom. The molecule has 4 unspecified atom stereocenters. The predicted octanol–water partition coefficient (Wildman–Crippen LogP) is 2.02. The number of fused-ring (bicyclic) bond motifs is 3. The van der Waals surface area contributed by atoms with Gasteiger partial charge in [0.2, 0.25) is 5.91 Å². The van der Waals surface area contributed by atoms with Crippen LogP contribution >= 0.6 is 0 Å². The second-order valence-corrected chi connectivity index (χ2v) is 7.89. The average molecular weight is 355 g/mol. The van der Waals surface area contributed by atoms with Gasteiger partial charge in [0.05, 0.1) is 17.3 Å². The van der Waals surface area contributed by atoms with Gasteiger partial charge in [-0.25, -0.2) is 4.68 Å². The molecule has 0 radical (unpaired) electrons. The Morgan fingerprint density at radius 3 is 2.69 bits per heavy atom. The van der Waals surface area contributed by atoms with E-state index < -0.39 is 0 Å². The number of carbonyl (C=O) groups is 1. The van der Waals surface area contributed by atoms with Gasteiger partial charge in [0.1, 0.15) is 0 Å². The number of aromatic nitrogens is 2. The molecule has 26 heavy (non-hydrogen) atoms. The first-order valence-electron chi connectivity index (χ1n) is 9.54. The van der Waals surface area contributed by atoms with Crippen molar-refractivity contribution in [1.29, 1.82) is 0 Å². The van der Waals surface area contributed by atoms with Crippen molar-refractivity contribution < 1.29 is 4.79 Å². The maximum absolute atomic E-state index is 12.5. The largest absolute Gasteiger partial charge is 0.353 e. The topological polar surface area (TPSA) is 84.0 Å². The minimum Gasteiger partial charge on any atom is -0.353 e. The van der Waals surface area contributed by atoms with Gasteiger partial charge in [0.25, 0.3) is 11.1 Å². The van der Waals surface area contributed by atoms with E-state index in [4.69, 9.17) is 0 Å². The van der Waals surface area contributed by atoms with Gasteiger partial charge in [-0.15, -0.1) is 0 Å². The molecule has 4 atom stereocenters. The fraction of sp³-hybridized carbons (Fsp3) is 0.550. The van der Waals surface area contributed by atoms with Crippen molar-refractivity contribution in [2.45, 2.75) is 51.6 Å². The Kier molecular flexibility index (Phi) is 4.42. The van der Waals surface area contributed by atoms with Crippen LogP contribution in [0.1, 0.15) is 39.0 Å². The number of benzene rings is 1. The molecule has 2 fully saturated rings. The Hall–Kier alpha value is -2.37. The van der Waals surface area contributed by atoms with E-state index in [-0.39, 0.29) is 36.0 Å². The summed E-state index contributed by atoms with van der Waals surface area (Å²) in [5, 5.41) is 6.43. The molecule has 0 saturated heterocycles. The summed E-state index contributed by atoms with van der Waals surface area (Å²) in [5.41, 5.74) is -0.579. The maximum atomic E-state index is 12.5. The zero-order chi connectivity index (χ0) is 18.3. The predicted molar refractivity (Wildman–Crippen MR) is 100.0 cm³/mol. The van der Waals surface area contributed by atoms with Crippen LogP contribution < -0.4 is 16.4 Å². The summed E-state index contributed by atoms with van der Waals surface area (Å²) in [6.07, 6.45) is 5.37. The van der Waals surface area contributed by atoms with Gasteiger partial charge in [-0.05, 0) is 56.1 Å². The van der Waals surface area contributed by atoms with Crippen molar-refractivity contribution in [3.05, 3.63) is 45.0 Å². The van der Waals surface area contributed by atoms with Crippen molar-refractivity contribution in [2.24, 2.45) is 17.8 Å². The highest BCUT2D eigenvalue weighted by atomic mass is 16.2. The van der Waals surface area contributed by atoms with Crippen LogP contribution in [0.4, 0.5) is 0 Å². The normalized spacial score (nSPS) is 25.5. The van der Waals surface area contributed by atoms with E-state index in [9.17, 15) is 14.4 Å². The van der Waals surface area contributed by atoms with Crippen molar-refractivity contribution in [2.75, 3.05) is 0 Å². The average Bonchev–Trinajstić information content (AvgIpc) is 3.27. The Balaban J connectivity index is 1.40. The number of aromatic amines is 1. The van der Waals surface area contributed by atoms with Crippen LogP contribution in [0.2, 0.25) is 0 Å². The fourth-order valence-electron chi connectivity index (χ4n) is 4.96. The molecule has 1 aromatic heterocycles. The molecule has 0 spiro atoms. The maximum Gasteiger partial charge on any atom is 0.273 e. The second-order valence-electron chi connectivity index (χ2n) is 7.89. The third-order valence-electron chi connectivity index (χ3n) is 6.27. The van der Waals surface area contributed by atoms with Crippen LogP contribution in [-0.4, -0.2) is 21.7 Å². The highest BCUT2D eigenvalue weighted by molar-refractivity contribution is 5.80. The standard InChI is InChI=1S/C20H25N3O3/c1-12(17-11-13-6-7-14(17)10-13)21-18(24)8-9-23-20(26)16-5-3-2-4-15(16)19(25)22-23/h2-5,12-14,17H,6-11H2,1H3,(H,21,24)(H,22,25). The van der Waals surface area contributed by atoms with E-state index in [2.05, 4.69) is 17.3 Å². The van der Waals surface area contributed by atoms with E-state index in [1.165, 1.54) is 30.4 Å². The minimum absolute atomic E-state index is 0.0684. The summed E-state index contributed by atoms with van der Waals surface area (Å²) in [4.78, 5) is 36.9. The zero-order valence-electron chi connectivity index (χ0n) is 15.0. The summed E-state index contributed by atoms with van der Waals surface area (Å²) in [6, 6.07) is 6.90. The first-order valence-corrected chi connectivity index (χ1v) is 9.54. The third-order valence-corrected chi connectivity index (χ3v) is 6.27. The van der Waals surface area contributed by atoms with Crippen molar-refractivity contribution >= 4 is 16.7 Å². The number of carbonyl (C=O) groups excluding carboxylic acids is 1. The number of nitrogens with one attached hydrogen (secondary N) is 2. The molecule has 6 nitrogen and oxygen atoms in total. The molecule has 0 aliphatic heterocycles. The zero-order valence-corrected chi connectivity index (χ0v) is 15.0. The molecule has 2 bridgehead atoms. The number of rotatable bonds is 5. The van der Waals surface area contributed by atoms with Crippen LogP contribution in [0.5, 0.6) is 0 Å². The number of hydrogen-bond acceptors (Lipinski definition) is 3. The van der Waals surface area contributed by atoms with Crippen LogP contribution in [0.3, 0.4) is 0 Å². The van der Waals surface area contributed by atoms with Gasteiger partial charge in [0.15, 0.2) is 0 Å². The fourth-order valence-corrected chi connectivity index (χ4v) is 4.96. The van der Waals surface area contributed by atoms with Gasteiger partial charge in [-0.3, -0.25) is 19.5 Å². The number of amides is 1. The molecule has 1 amide bonds. The van der Waals surface area contributed by atoms with Gasteiger partial charge >= 0.3 is 0 Å². The molecule has 2 aromatic rings. The number of H-pyrrole nitrogens is 1. The van der Waals surface area contributed by atoms with E-state index in [0.29, 0.717) is 16.7 Å². The number of nitrogens with zero attached hydrogens (tertiary/aromatic N) is 1. The number of aryl methyl sites for hydroxylation is 1. The van der Waals surface area contributed by atoms with Crippen molar-refractivity contribution in [1.82, 2.24) is 15.1 Å². The first kappa shape index (κ1) is 17.1. The lowest BCUT2D eigenvalue weighted by atomic mass is 9.84. The van der Waals surface area contributed by atoms with Crippen LogP contribution in [0.25, 0.3) is 10.8 Å². The van der Waals surface area contributed by atoms with Gasteiger partial charge in [0, 0.05) is 12.5 Å². The second kappa shape index (κ2) is 6.74. The molecule has 1 aromatic carbocycles. The summed E-state index contributed by atoms with van der Waals surface area (Å²) in [5.74, 6) is 2.13. The molecule has 2 N–H and O–H groups in total. The molecule has 1 heterocycles. The SMILES string of the molecule is CC(NC(=O)CCn1[nH]c(=O)c2ccccc2c1=O)C1CC2CCC1C2. The molecular formula is C20H25N3O3. The third kappa shape index (κ3) is 3.08. The van der Waals surface area contributed by atoms with Crippen molar-refractivity contribution in [3.63, 3.8) is 0 Å². The highest BCUT2D eigenvalue weighted by Gasteiger charge is 2.42.